The normalized spacial score (nSPS) is 10.4. The molecule has 0 aliphatic carbocycles. The Balaban J connectivity index is 2.67. The molecule has 72 valence electrons. The van der Waals surface area contributed by atoms with Gasteiger partial charge in [0.2, 0.25) is 0 Å². The third-order valence-corrected chi connectivity index (χ3v) is 2.20. The maximum Gasteiger partial charge on any atom is 0.274 e. The summed E-state index contributed by atoms with van der Waals surface area (Å²) in [6, 6.07) is 0. The van der Waals surface area contributed by atoms with E-state index in [1.54, 1.807) is 17.1 Å². The van der Waals surface area contributed by atoms with E-state index in [0.29, 0.717) is 5.69 Å². The summed E-state index contributed by atoms with van der Waals surface area (Å²) in [6.07, 6.45) is 4.72. The van der Waals surface area contributed by atoms with Crippen LogP contribution in [0.4, 0.5) is 0 Å². The molecule has 2 aromatic heterocycles. The summed E-state index contributed by atoms with van der Waals surface area (Å²) in [7, 11) is 1.83. The Morgan fingerprint density at radius 2 is 2.29 bits per heavy atom. The average molecular weight is 190 g/mol. The van der Waals surface area contributed by atoms with Gasteiger partial charge >= 0.3 is 0 Å². The van der Waals surface area contributed by atoms with E-state index in [2.05, 4.69) is 15.1 Å². The highest BCUT2D eigenvalue weighted by molar-refractivity contribution is 5.59. The van der Waals surface area contributed by atoms with Crippen molar-refractivity contribution in [2.45, 2.75) is 6.92 Å². The molecular formula is C9H10N4O. The predicted molar refractivity (Wildman–Crippen MR) is 51.8 cm³/mol. The SMILES string of the molecule is Cc1c(-c2ncc[nH]c2=O)cnn1C. The monoisotopic (exact) mass is 190 g/mol. The van der Waals surface area contributed by atoms with Gasteiger partial charge in [0.1, 0.15) is 5.69 Å². The van der Waals surface area contributed by atoms with E-state index in [1.807, 2.05) is 14.0 Å². The van der Waals surface area contributed by atoms with Crippen LogP contribution in [0.3, 0.4) is 0 Å². The van der Waals surface area contributed by atoms with Crippen LogP contribution in [0, 0.1) is 6.92 Å². The molecule has 2 heterocycles. The van der Waals surface area contributed by atoms with Crippen LogP contribution < -0.4 is 5.56 Å². The molecule has 0 fully saturated rings. The Morgan fingerprint density at radius 3 is 2.86 bits per heavy atom. The Morgan fingerprint density at radius 1 is 1.50 bits per heavy atom. The number of hydrogen-bond acceptors (Lipinski definition) is 3. The second-order valence-corrected chi connectivity index (χ2v) is 3.03. The zero-order valence-corrected chi connectivity index (χ0v) is 7.98. The van der Waals surface area contributed by atoms with Crippen LogP contribution >= 0.6 is 0 Å². The van der Waals surface area contributed by atoms with Crippen molar-refractivity contribution in [2.75, 3.05) is 0 Å². The van der Waals surface area contributed by atoms with Gasteiger partial charge in [-0.05, 0) is 6.92 Å². The van der Waals surface area contributed by atoms with Gasteiger partial charge in [-0.2, -0.15) is 5.10 Å². The molecule has 1 N–H and O–H groups in total. The van der Waals surface area contributed by atoms with Gasteiger partial charge < -0.3 is 4.98 Å². The molecule has 0 amide bonds. The van der Waals surface area contributed by atoms with Crippen molar-refractivity contribution in [3.05, 3.63) is 34.6 Å². The minimum absolute atomic E-state index is 0.191. The number of aryl methyl sites for hydroxylation is 1. The first-order valence-electron chi connectivity index (χ1n) is 4.23. The maximum absolute atomic E-state index is 11.4. The Bertz CT molecular complexity index is 512. The fourth-order valence-electron chi connectivity index (χ4n) is 1.27. The molecule has 5 nitrogen and oxygen atoms in total. The molecule has 0 unspecified atom stereocenters. The lowest BCUT2D eigenvalue weighted by Gasteiger charge is -1.97. The number of aromatic nitrogens is 4. The van der Waals surface area contributed by atoms with Crippen LogP contribution in [-0.4, -0.2) is 19.7 Å². The number of aromatic amines is 1. The molecule has 5 heteroatoms. The Labute approximate surface area is 80.4 Å². The minimum atomic E-state index is -0.191. The van der Waals surface area contributed by atoms with Crippen LogP contribution in [0.5, 0.6) is 0 Å². The lowest BCUT2D eigenvalue weighted by molar-refractivity contribution is 0.740. The van der Waals surface area contributed by atoms with Crippen molar-refractivity contribution >= 4 is 0 Å². The highest BCUT2D eigenvalue weighted by atomic mass is 16.1. The molecule has 2 rings (SSSR count). The molecule has 0 radical (unpaired) electrons. The molecule has 2 aromatic rings. The molecule has 14 heavy (non-hydrogen) atoms. The smallest absolute Gasteiger partial charge is 0.274 e. The first kappa shape index (κ1) is 8.68. The minimum Gasteiger partial charge on any atom is -0.326 e. The van der Waals surface area contributed by atoms with E-state index in [0.717, 1.165) is 11.3 Å². The summed E-state index contributed by atoms with van der Waals surface area (Å²) in [5, 5.41) is 4.06. The van der Waals surface area contributed by atoms with Crippen molar-refractivity contribution < 1.29 is 0 Å². The highest BCUT2D eigenvalue weighted by Gasteiger charge is 2.10. The second-order valence-electron chi connectivity index (χ2n) is 3.03. The summed E-state index contributed by atoms with van der Waals surface area (Å²) in [6.45, 7) is 1.90. The van der Waals surface area contributed by atoms with Gasteiger partial charge in [-0.1, -0.05) is 0 Å². The van der Waals surface area contributed by atoms with Crippen LogP contribution in [0.15, 0.2) is 23.4 Å². The van der Waals surface area contributed by atoms with Crippen LogP contribution in [-0.2, 0) is 7.05 Å². The Hall–Kier alpha value is -1.91. The van der Waals surface area contributed by atoms with Gasteiger partial charge in [-0.25, -0.2) is 4.98 Å². The van der Waals surface area contributed by atoms with Crippen molar-refractivity contribution in [3.63, 3.8) is 0 Å². The number of hydrogen-bond donors (Lipinski definition) is 1. The number of nitrogens with one attached hydrogen (secondary N) is 1. The molecule has 0 saturated carbocycles. The molecule has 0 aliphatic heterocycles. The number of rotatable bonds is 1. The zero-order chi connectivity index (χ0) is 10.1. The third kappa shape index (κ3) is 1.22. The van der Waals surface area contributed by atoms with Gasteiger partial charge in [-0.15, -0.1) is 0 Å². The van der Waals surface area contributed by atoms with Crippen LogP contribution in [0.25, 0.3) is 11.3 Å². The largest absolute Gasteiger partial charge is 0.326 e. The van der Waals surface area contributed by atoms with Crippen molar-refractivity contribution in [2.24, 2.45) is 7.05 Å². The summed E-state index contributed by atoms with van der Waals surface area (Å²) in [4.78, 5) is 18.0. The molecule has 0 atom stereocenters. The summed E-state index contributed by atoms with van der Waals surface area (Å²) >= 11 is 0. The standard InChI is InChI=1S/C9H10N4O/c1-6-7(5-12-13(6)2)8-9(14)11-4-3-10-8/h3-5H,1-2H3,(H,11,14). The molecule has 0 aliphatic rings. The van der Waals surface area contributed by atoms with E-state index < -0.39 is 0 Å². The summed E-state index contributed by atoms with van der Waals surface area (Å²) in [5.74, 6) is 0. The van der Waals surface area contributed by atoms with E-state index in [4.69, 9.17) is 0 Å². The topological polar surface area (TPSA) is 63.6 Å². The first-order valence-corrected chi connectivity index (χ1v) is 4.23. The van der Waals surface area contributed by atoms with E-state index in [1.165, 1.54) is 6.20 Å². The summed E-state index contributed by atoms with van der Waals surface area (Å²) < 4.78 is 1.71. The third-order valence-electron chi connectivity index (χ3n) is 2.20. The van der Waals surface area contributed by atoms with Crippen LogP contribution in [0.2, 0.25) is 0 Å². The van der Waals surface area contributed by atoms with Crippen molar-refractivity contribution in [1.82, 2.24) is 19.7 Å². The van der Waals surface area contributed by atoms with Gasteiger partial charge in [0, 0.05) is 30.7 Å². The fraction of sp³-hybridized carbons (Fsp3) is 0.222. The number of H-pyrrole nitrogens is 1. The molecule has 0 spiro atoms. The van der Waals surface area contributed by atoms with Crippen molar-refractivity contribution in [3.8, 4) is 11.3 Å². The lowest BCUT2D eigenvalue weighted by Crippen LogP contribution is -2.10. The van der Waals surface area contributed by atoms with Crippen molar-refractivity contribution in [1.29, 1.82) is 0 Å². The van der Waals surface area contributed by atoms with Gasteiger partial charge in [0.25, 0.3) is 5.56 Å². The van der Waals surface area contributed by atoms with E-state index in [-0.39, 0.29) is 5.56 Å². The van der Waals surface area contributed by atoms with E-state index in [9.17, 15) is 4.79 Å². The maximum atomic E-state index is 11.4. The average Bonchev–Trinajstić information content (AvgIpc) is 2.49. The predicted octanol–water partition coefficient (Wildman–Crippen LogP) is 0.479. The van der Waals surface area contributed by atoms with Gasteiger partial charge in [0.15, 0.2) is 0 Å². The highest BCUT2D eigenvalue weighted by Crippen LogP contribution is 2.15. The zero-order valence-electron chi connectivity index (χ0n) is 7.98. The van der Waals surface area contributed by atoms with Gasteiger partial charge in [-0.3, -0.25) is 9.48 Å². The lowest BCUT2D eigenvalue weighted by atomic mass is 10.2. The quantitative estimate of drug-likeness (QED) is 0.711. The van der Waals surface area contributed by atoms with E-state index >= 15 is 0 Å². The van der Waals surface area contributed by atoms with Crippen LogP contribution in [0.1, 0.15) is 5.69 Å². The Kier molecular flexibility index (Phi) is 1.92. The second kappa shape index (κ2) is 3.10. The summed E-state index contributed by atoms with van der Waals surface area (Å²) in [5.41, 5.74) is 1.92. The molecule has 0 aromatic carbocycles. The molecular weight excluding hydrogens is 180 g/mol. The fourth-order valence-corrected chi connectivity index (χ4v) is 1.27. The van der Waals surface area contributed by atoms with Gasteiger partial charge in [0.05, 0.1) is 6.20 Å². The number of nitrogens with zero attached hydrogens (tertiary/aromatic N) is 3. The molecule has 0 saturated heterocycles. The first-order chi connectivity index (χ1) is 6.70. The molecule has 0 bridgehead atoms.